The highest BCUT2D eigenvalue weighted by Gasteiger charge is 2.09. The van der Waals surface area contributed by atoms with Gasteiger partial charge in [0.1, 0.15) is 11.4 Å². The molecule has 0 fully saturated rings. The molecule has 18 heavy (non-hydrogen) atoms. The number of rotatable bonds is 1. The predicted octanol–water partition coefficient (Wildman–Crippen LogP) is 3.66. The van der Waals surface area contributed by atoms with Crippen molar-refractivity contribution >= 4 is 22.4 Å². The van der Waals surface area contributed by atoms with Crippen molar-refractivity contribution in [2.75, 3.05) is 0 Å². The Hall–Kier alpha value is -2.13. The van der Waals surface area contributed by atoms with Gasteiger partial charge in [0, 0.05) is 16.3 Å². The molecule has 0 saturated heterocycles. The second-order valence-corrected chi connectivity index (χ2v) is 4.29. The van der Waals surface area contributed by atoms with Crippen LogP contribution in [-0.4, -0.2) is 15.3 Å². The Morgan fingerprint density at radius 1 is 0.889 bits per heavy atom. The van der Waals surface area contributed by atoms with E-state index in [1.165, 1.54) is 0 Å². The molecule has 0 aliphatic rings. The topological polar surface area (TPSA) is 46.0 Å². The fourth-order valence-corrected chi connectivity index (χ4v) is 2.14. The summed E-state index contributed by atoms with van der Waals surface area (Å²) in [5.41, 5.74) is 1.53. The monoisotopic (exact) mass is 256 g/mol. The van der Waals surface area contributed by atoms with Crippen molar-refractivity contribution in [1.29, 1.82) is 0 Å². The molecule has 88 valence electrons. The van der Waals surface area contributed by atoms with Crippen LogP contribution in [0.2, 0.25) is 5.15 Å². The van der Waals surface area contributed by atoms with E-state index in [2.05, 4.69) is 10.2 Å². The van der Waals surface area contributed by atoms with Crippen molar-refractivity contribution in [2.24, 2.45) is 0 Å². The van der Waals surface area contributed by atoms with Gasteiger partial charge in [-0.25, -0.2) is 0 Å². The third kappa shape index (κ3) is 1.79. The minimum Gasteiger partial charge on any atom is -0.508 e. The first kappa shape index (κ1) is 11.0. The van der Waals surface area contributed by atoms with Gasteiger partial charge in [0.15, 0.2) is 5.15 Å². The van der Waals surface area contributed by atoms with Gasteiger partial charge in [-0.2, -0.15) is 0 Å². The Morgan fingerprint density at radius 2 is 1.67 bits per heavy atom. The fourth-order valence-electron chi connectivity index (χ4n) is 1.94. The zero-order valence-electron chi connectivity index (χ0n) is 9.34. The van der Waals surface area contributed by atoms with E-state index in [0.717, 1.165) is 16.3 Å². The number of benzene rings is 2. The number of aromatic hydroxyl groups is 1. The Balaban J connectivity index is 2.33. The summed E-state index contributed by atoms with van der Waals surface area (Å²) in [6.07, 6.45) is 0. The third-order valence-electron chi connectivity index (χ3n) is 2.76. The van der Waals surface area contributed by atoms with Crippen LogP contribution in [0.3, 0.4) is 0 Å². The first-order chi connectivity index (χ1) is 8.75. The molecule has 0 aliphatic carbocycles. The molecule has 2 aromatic carbocycles. The highest BCUT2D eigenvalue weighted by atomic mass is 35.5. The van der Waals surface area contributed by atoms with Crippen LogP contribution < -0.4 is 0 Å². The molecule has 4 heteroatoms. The summed E-state index contributed by atoms with van der Waals surface area (Å²) in [6, 6.07) is 14.6. The van der Waals surface area contributed by atoms with Gasteiger partial charge >= 0.3 is 0 Å². The van der Waals surface area contributed by atoms with Crippen molar-refractivity contribution < 1.29 is 5.11 Å². The van der Waals surface area contributed by atoms with E-state index in [1.54, 1.807) is 18.2 Å². The van der Waals surface area contributed by atoms with Gasteiger partial charge in [-0.3, -0.25) is 0 Å². The van der Waals surface area contributed by atoms with Gasteiger partial charge < -0.3 is 5.11 Å². The molecular weight excluding hydrogens is 248 g/mol. The van der Waals surface area contributed by atoms with E-state index in [0.29, 0.717) is 10.8 Å². The molecule has 0 amide bonds. The number of fused-ring (bicyclic) bond motifs is 1. The number of halogens is 1. The molecule has 1 heterocycles. The molecule has 0 unspecified atom stereocenters. The van der Waals surface area contributed by atoms with E-state index in [1.807, 2.05) is 30.3 Å². The lowest BCUT2D eigenvalue weighted by Gasteiger charge is -2.06. The summed E-state index contributed by atoms with van der Waals surface area (Å²) in [5.74, 6) is 0.202. The lowest BCUT2D eigenvalue weighted by atomic mass is 10.1. The lowest BCUT2D eigenvalue weighted by molar-refractivity contribution is 0.475. The third-order valence-corrected chi connectivity index (χ3v) is 3.04. The zero-order valence-corrected chi connectivity index (χ0v) is 10.1. The summed E-state index contributed by atoms with van der Waals surface area (Å²) in [4.78, 5) is 0. The highest BCUT2D eigenvalue weighted by molar-refractivity contribution is 6.34. The molecule has 0 aliphatic heterocycles. The number of phenols is 1. The van der Waals surface area contributed by atoms with E-state index >= 15 is 0 Å². The summed E-state index contributed by atoms with van der Waals surface area (Å²) in [6.45, 7) is 0. The fraction of sp³-hybridized carbons (Fsp3) is 0. The summed E-state index contributed by atoms with van der Waals surface area (Å²) >= 11 is 6.02. The maximum Gasteiger partial charge on any atom is 0.159 e. The second kappa shape index (κ2) is 4.27. The SMILES string of the molecule is Oc1cccc(-c2nnc(Cl)c3ccccc23)c1. The summed E-state index contributed by atoms with van der Waals surface area (Å²) < 4.78 is 0. The van der Waals surface area contributed by atoms with Crippen LogP contribution in [0.25, 0.3) is 22.0 Å². The minimum atomic E-state index is 0.202. The van der Waals surface area contributed by atoms with Crippen LogP contribution >= 0.6 is 11.6 Å². The smallest absolute Gasteiger partial charge is 0.159 e. The molecular formula is C14H9ClN2O. The lowest BCUT2D eigenvalue weighted by Crippen LogP contribution is -1.91. The summed E-state index contributed by atoms with van der Waals surface area (Å²) in [7, 11) is 0. The zero-order chi connectivity index (χ0) is 12.5. The van der Waals surface area contributed by atoms with Gasteiger partial charge in [0.25, 0.3) is 0 Å². The van der Waals surface area contributed by atoms with Crippen LogP contribution in [0.5, 0.6) is 5.75 Å². The van der Waals surface area contributed by atoms with Gasteiger partial charge in [0.2, 0.25) is 0 Å². The summed E-state index contributed by atoms with van der Waals surface area (Å²) in [5, 5.41) is 19.8. The number of phenolic OH excluding ortho intramolecular Hbond substituents is 1. The molecule has 3 rings (SSSR count). The van der Waals surface area contributed by atoms with Crippen molar-refractivity contribution in [2.45, 2.75) is 0 Å². The quantitative estimate of drug-likeness (QED) is 0.723. The first-order valence-corrected chi connectivity index (χ1v) is 5.84. The van der Waals surface area contributed by atoms with Crippen molar-refractivity contribution in [1.82, 2.24) is 10.2 Å². The van der Waals surface area contributed by atoms with Crippen LogP contribution in [0, 0.1) is 0 Å². The van der Waals surface area contributed by atoms with E-state index < -0.39 is 0 Å². The normalized spacial score (nSPS) is 10.7. The van der Waals surface area contributed by atoms with Crippen LogP contribution in [0.1, 0.15) is 0 Å². The van der Waals surface area contributed by atoms with E-state index in [-0.39, 0.29) is 5.75 Å². The second-order valence-electron chi connectivity index (χ2n) is 3.94. The number of nitrogens with zero attached hydrogens (tertiary/aromatic N) is 2. The van der Waals surface area contributed by atoms with Gasteiger partial charge in [-0.15, -0.1) is 10.2 Å². The van der Waals surface area contributed by atoms with Crippen molar-refractivity contribution in [3.8, 4) is 17.0 Å². The molecule has 0 bridgehead atoms. The van der Waals surface area contributed by atoms with Crippen molar-refractivity contribution in [3.63, 3.8) is 0 Å². The van der Waals surface area contributed by atoms with Gasteiger partial charge in [0.05, 0.1) is 0 Å². The standard InChI is InChI=1S/C14H9ClN2O/c15-14-12-7-2-1-6-11(12)13(16-17-14)9-4-3-5-10(18)8-9/h1-8,18H. The Kier molecular flexibility index (Phi) is 2.61. The largest absolute Gasteiger partial charge is 0.508 e. The number of hydrogen-bond donors (Lipinski definition) is 1. The molecule has 1 N–H and O–H groups in total. The van der Waals surface area contributed by atoms with E-state index in [9.17, 15) is 5.11 Å². The predicted molar refractivity (Wildman–Crippen MR) is 71.6 cm³/mol. The Bertz CT molecular complexity index is 728. The van der Waals surface area contributed by atoms with Gasteiger partial charge in [-0.05, 0) is 12.1 Å². The number of hydrogen-bond acceptors (Lipinski definition) is 3. The first-order valence-electron chi connectivity index (χ1n) is 5.46. The van der Waals surface area contributed by atoms with Crippen LogP contribution in [-0.2, 0) is 0 Å². The molecule has 1 aromatic heterocycles. The number of aromatic nitrogens is 2. The molecule has 0 spiro atoms. The van der Waals surface area contributed by atoms with Crippen molar-refractivity contribution in [3.05, 3.63) is 53.7 Å². The Labute approximate surface area is 109 Å². The average Bonchev–Trinajstić information content (AvgIpc) is 2.39. The maximum atomic E-state index is 9.53. The van der Waals surface area contributed by atoms with Crippen LogP contribution in [0.4, 0.5) is 0 Å². The van der Waals surface area contributed by atoms with Gasteiger partial charge in [-0.1, -0.05) is 48.0 Å². The molecule has 0 radical (unpaired) electrons. The average molecular weight is 257 g/mol. The van der Waals surface area contributed by atoms with Crippen LogP contribution in [0.15, 0.2) is 48.5 Å². The molecule has 0 saturated carbocycles. The van der Waals surface area contributed by atoms with E-state index in [4.69, 9.17) is 11.6 Å². The molecule has 0 atom stereocenters. The Morgan fingerprint density at radius 3 is 2.44 bits per heavy atom. The molecule has 3 nitrogen and oxygen atoms in total. The maximum absolute atomic E-state index is 9.53. The highest BCUT2D eigenvalue weighted by Crippen LogP contribution is 2.30. The minimum absolute atomic E-state index is 0.202. The molecule has 3 aromatic rings.